The van der Waals surface area contributed by atoms with E-state index in [4.69, 9.17) is 0 Å². The van der Waals surface area contributed by atoms with Crippen LogP contribution in [0.4, 0.5) is 0 Å². The molecular formula is C22H32O4. The maximum Gasteiger partial charge on any atom is 0.190 e. The zero-order chi connectivity index (χ0) is 18.9. The van der Waals surface area contributed by atoms with Crippen molar-refractivity contribution in [2.45, 2.75) is 71.3 Å². The molecule has 0 bridgehead atoms. The van der Waals surface area contributed by atoms with Gasteiger partial charge in [0.2, 0.25) is 0 Å². The second-order valence-corrected chi connectivity index (χ2v) is 9.91. The van der Waals surface area contributed by atoms with E-state index in [1.165, 1.54) is 5.57 Å². The van der Waals surface area contributed by atoms with Crippen molar-refractivity contribution in [3.8, 4) is 0 Å². The number of hydrogen-bond acceptors (Lipinski definition) is 4. The molecule has 0 aromatic carbocycles. The van der Waals surface area contributed by atoms with Crippen LogP contribution in [0.5, 0.6) is 0 Å². The van der Waals surface area contributed by atoms with Crippen molar-refractivity contribution in [1.29, 1.82) is 0 Å². The van der Waals surface area contributed by atoms with E-state index in [-0.39, 0.29) is 17.3 Å². The van der Waals surface area contributed by atoms with E-state index < -0.39 is 23.4 Å². The second kappa shape index (κ2) is 5.75. The summed E-state index contributed by atoms with van der Waals surface area (Å²) in [6.07, 6.45) is 8.28. The topological polar surface area (TPSA) is 74.6 Å². The first-order valence-electron chi connectivity index (χ1n) is 10.3. The van der Waals surface area contributed by atoms with Gasteiger partial charge in [-0.15, -0.1) is 0 Å². The van der Waals surface area contributed by atoms with Crippen LogP contribution in [0.2, 0.25) is 0 Å². The number of aliphatic hydroxyl groups excluding tert-OH is 1. The number of carbonyl (C=O) groups is 2. The van der Waals surface area contributed by atoms with Crippen molar-refractivity contribution < 1.29 is 19.8 Å². The predicted molar refractivity (Wildman–Crippen MR) is 98.3 cm³/mol. The number of fused-ring (bicyclic) bond motifs is 5. The van der Waals surface area contributed by atoms with Gasteiger partial charge in [-0.2, -0.15) is 0 Å². The fraction of sp³-hybridized carbons (Fsp3) is 0.818. The quantitative estimate of drug-likeness (QED) is 0.742. The van der Waals surface area contributed by atoms with Crippen LogP contribution >= 0.6 is 0 Å². The molecule has 3 fully saturated rings. The Morgan fingerprint density at radius 1 is 1.31 bits per heavy atom. The molecule has 0 spiro atoms. The lowest BCUT2D eigenvalue weighted by Gasteiger charge is -2.56. The lowest BCUT2D eigenvalue weighted by atomic mass is 9.48. The zero-order valence-corrected chi connectivity index (χ0v) is 16.3. The predicted octanol–water partition coefficient (Wildman–Crippen LogP) is 3.06. The fourth-order valence-corrected chi connectivity index (χ4v) is 7.38. The highest BCUT2D eigenvalue weighted by molar-refractivity contribution is 5.90. The van der Waals surface area contributed by atoms with E-state index in [0.29, 0.717) is 36.9 Å². The number of ketones is 2. The molecule has 0 amide bonds. The summed E-state index contributed by atoms with van der Waals surface area (Å²) >= 11 is 0. The molecule has 4 rings (SSSR count). The lowest BCUT2D eigenvalue weighted by molar-refractivity contribution is -0.162. The number of rotatable bonds is 2. The third-order valence-corrected chi connectivity index (χ3v) is 8.99. The smallest absolute Gasteiger partial charge is 0.190 e. The van der Waals surface area contributed by atoms with E-state index in [9.17, 15) is 19.8 Å². The molecule has 2 N–H and O–H groups in total. The zero-order valence-electron chi connectivity index (χ0n) is 16.3. The molecule has 144 valence electrons. The number of aliphatic hydroxyl groups is 2. The van der Waals surface area contributed by atoms with E-state index in [1.54, 1.807) is 0 Å². The monoisotopic (exact) mass is 360 g/mol. The Balaban J connectivity index is 1.74. The van der Waals surface area contributed by atoms with Gasteiger partial charge in [-0.25, -0.2) is 0 Å². The molecule has 0 aromatic rings. The average Bonchev–Trinajstić information content (AvgIpc) is 2.83. The highest BCUT2D eigenvalue weighted by Crippen LogP contribution is 2.67. The summed E-state index contributed by atoms with van der Waals surface area (Å²) in [6, 6.07) is 0. The Morgan fingerprint density at radius 2 is 2.04 bits per heavy atom. The normalized spacial score (nSPS) is 50.5. The van der Waals surface area contributed by atoms with Crippen LogP contribution in [0.3, 0.4) is 0 Å². The van der Waals surface area contributed by atoms with Gasteiger partial charge >= 0.3 is 0 Å². The summed E-state index contributed by atoms with van der Waals surface area (Å²) < 4.78 is 0. The highest BCUT2D eigenvalue weighted by Gasteiger charge is 2.67. The highest BCUT2D eigenvalue weighted by atomic mass is 16.3. The van der Waals surface area contributed by atoms with Gasteiger partial charge in [-0.05, 0) is 61.2 Å². The van der Waals surface area contributed by atoms with E-state index >= 15 is 0 Å². The third-order valence-electron chi connectivity index (χ3n) is 8.99. The van der Waals surface area contributed by atoms with Crippen molar-refractivity contribution >= 4 is 11.6 Å². The number of hydrogen-bond donors (Lipinski definition) is 2. The molecule has 0 radical (unpaired) electrons. The molecule has 0 unspecified atom stereocenters. The van der Waals surface area contributed by atoms with Crippen LogP contribution in [-0.2, 0) is 9.59 Å². The van der Waals surface area contributed by atoms with Gasteiger partial charge in [0.15, 0.2) is 5.78 Å². The molecule has 7 atom stereocenters. The van der Waals surface area contributed by atoms with Crippen molar-refractivity contribution in [3.63, 3.8) is 0 Å². The minimum atomic E-state index is -1.44. The molecule has 4 nitrogen and oxygen atoms in total. The fourth-order valence-electron chi connectivity index (χ4n) is 7.38. The first kappa shape index (κ1) is 18.4. The largest absolute Gasteiger partial charge is 0.388 e. The summed E-state index contributed by atoms with van der Waals surface area (Å²) in [5.41, 5.74) is -0.344. The van der Waals surface area contributed by atoms with Crippen molar-refractivity contribution in [2.24, 2.45) is 34.5 Å². The Kier molecular flexibility index (Phi) is 4.06. The van der Waals surface area contributed by atoms with Crippen molar-refractivity contribution in [1.82, 2.24) is 0 Å². The third kappa shape index (κ3) is 2.09. The first-order chi connectivity index (χ1) is 12.2. The SMILES string of the molecule is C[C@H]1C[C@@H]2[C@H]3CC[C@@H]4CC(=O)CC[C@@]4(C)C3=CC[C@@]2(C)[C@]1(O)C(=O)CO. The summed E-state index contributed by atoms with van der Waals surface area (Å²) in [4.78, 5) is 24.5. The molecule has 4 aliphatic carbocycles. The minimum Gasteiger partial charge on any atom is -0.388 e. The van der Waals surface area contributed by atoms with Gasteiger partial charge in [0.1, 0.15) is 18.0 Å². The van der Waals surface area contributed by atoms with Crippen LogP contribution in [0.25, 0.3) is 0 Å². The van der Waals surface area contributed by atoms with E-state index in [2.05, 4.69) is 19.9 Å². The van der Waals surface area contributed by atoms with Gasteiger partial charge in [0.05, 0.1) is 0 Å². The first-order valence-corrected chi connectivity index (χ1v) is 10.3. The molecular weight excluding hydrogens is 328 g/mol. The summed E-state index contributed by atoms with van der Waals surface area (Å²) in [5, 5.41) is 20.9. The summed E-state index contributed by atoms with van der Waals surface area (Å²) in [5.74, 6) is 0.968. The Hall–Kier alpha value is -1.00. The van der Waals surface area contributed by atoms with Crippen LogP contribution in [0.1, 0.15) is 65.7 Å². The Morgan fingerprint density at radius 3 is 2.73 bits per heavy atom. The standard InChI is InChI=1S/C22H32O4/c1-13-10-18-16-5-4-14-11-15(24)6-8-20(14,2)17(16)7-9-21(18,3)22(13,26)19(25)12-23/h7,13-14,16,18,23,26H,4-6,8-12H2,1-3H3/t13-,14+,16-,18+,20+,21+,22+/m0/s1. The minimum absolute atomic E-state index is 0.100. The summed E-state index contributed by atoms with van der Waals surface area (Å²) in [6.45, 7) is 5.77. The molecule has 0 aromatic heterocycles. The molecule has 3 saturated carbocycles. The Labute approximate surface area is 156 Å². The van der Waals surface area contributed by atoms with Crippen LogP contribution < -0.4 is 0 Å². The van der Waals surface area contributed by atoms with Gasteiger partial charge in [-0.3, -0.25) is 9.59 Å². The molecule has 4 aliphatic rings. The molecule has 4 heteroatoms. The van der Waals surface area contributed by atoms with Crippen LogP contribution in [-0.4, -0.2) is 34.0 Å². The molecule has 0 saturated heterocycles. The van der Waals surface area contributed by atoms with Gasteiger partial charge in [0.25, 0.3) is 0 Å². The number of allylic oxidation sites excluding steroid dienone is 2. The maximum absolute atomic E-state index is 12.5. The van der Waals surface area contributed by atoms with Crippen molar-refractivity contribution in [3.05, 3.63) is 11.6 Å². The average molecular weight is 360 g/mol. The molecule has 0 heterocycles. The Bertz CT molecular complexity index is 682. The number of carbonyl (C=O) groups excluding carboxylic acids is 2. The van der Waals surface area contributed by atoms with Crippen molar-refractivity contribution in [2.75, 3.05) is 6.61 Å². The maximum atomic E-state index is 12.5. The van der Waals surface area contributed by atoms with Crippen LogP contribution in [0, 0.1) is 34.5 Å². The molecule has 0 aliphatic heterocycles. The second-order valence-electron chi connectivity index (χ2n) is 9.91. The van der Waals surface area contributed by atoms with Gasteiger partial charge in [-0.1, -0.05) is 32.4 Å². The number of Topliss-reactive ketones (excluding diaryl/α,β-unsaturated/α-hetero) is 2. The molecule has 26 heavy (non-hydrogen) atoms. The van der Waals surface area contributed by atoms with E-state index in [1.807, 2.05) is 6.92 Å². The van der Waals surface area contributed by atoms with Gasteiger partial charge < -0.3 is 10.2 Å². The van der Waals surface area contributed by atoms with Gasteiger partial charge in [0, 0.05) is 18.3 Å². The summed E-state index contributed by atoms with van der Waals surface area (Å²) in [7, 11) is 0. The van der Waals surface area contributed by atoms with Crippen LogP contribution in [0.15, 0.2) is 11.6 Å². The lowest BCUT2D eigenvalue weighted by Crippen LogP contribution is -2.58. The van der Waals surface area contributed by atoms with E-state index in [0.717, 1.165) is 25.7 Å².